The van der Waals surface area contributed by atoms with Crippen LogP contribution in [0.4, 0.5) is 5.69 Å². The molecule has 0 saturated carbocycles. The largest absolute Gasteiger partial charge is 0.481 e. The maximum Gasteiger partial charge on any atom is 0.307 e. The highest BCUT2D eigenvalue weighted by Crippen LogP contribution is 2.35. The SMILES string of the molecule is CC1=C(C)C[C@@H](C(=O)Nc2ccccc2Cl)[C@@H](C(=O)O)C1. The Morgan fingerprint density at radius 1 is 1.14 bits per heavy atom. The van der Waals surface area contributed by atoms with E-state index in [1.165, 1.54) is 0 Å². The van der Waals surface area contributed by atoms with Gasteiger partial charge in [0.2, 0.25) is 5.91 Å². The maximum absolute atomic E-state index is 12.4. The highest BCUT2D eigenvalue weighted by molar-refractivity contribution is 6.33. The predicted molar refractivity (Wildman–Crippen MR) is 82.3 cm³/mol. The molecule has 1 aliphatic rings. The quantitative estimate of drug-likeness (QED) is 0.836. The third-order valence-electron chi connectivity index (χ3n) is 4.05. The van der Waals surface area contributed by atoms with Crippen molar-refractivity contribution in [3.05, 3.63) is 40.4 Å². The molecule has 0 radical (unpaired) electrons. The number of carboxylic acids is 1. The number of para-hydroxylation sites is 1. The Morgan fingerprint density at radius 3 is 2.29 bits per heavy atom. The molecule has 0 aromatic heterocycles. The lowest BCUT2D eigenvalue weighted by atomic mass is 9.76. The van der Waals surface area contributed by atoms with E-state index in [0.29, 0.717) is 23.6 Å². The third-order valence-corrected chi connectivity index (χ3v) is 4.38. The Bertz CT molecular complexity index is 609. The third kappa shape index (κ3) is 3.45. The number of carboxylic acid groups (broad SMARTS) is 1. The number of hydrogen-bond donors (Lipinski definition) is 2. The maximum atomic E-state index is 12.4. The van der Waals surface area contributed by atoms with E-state index in [-0.39, 0.29) is 5.91 Å². The van der Waals surface area contributed by atoms with E-state index in [1.807, 2.05) is 13.8 Å². The Labute approximate surface area is 128 Å². The minimum absolute atomic E-state index is 0.289. The zero-order valence-corrected chi connectivity index (χ0v) is 12.8. The zero-order chi connectivity index (χ0) is 15.6. The first kappa shape index (κ1) is 15.6. The van der Waals surface area contributed by atoms with Crippen LogP contribution in [0.15, 0.2) is 35.4 Å². The molecule has 112 valence electrons. The van der Waals surface area contributed by atoms with Crippen molar-refractivity contribution in [3.63, 3.8) is 0 Å². The first-order chi connectivity index (χ1) is 9.90. The van der Waals surface area contributed by atoms with Crippen molar-refractivity contribution in [1.29, 1.82) is 0 Å². The molecule has 2 rings (SSSR count). The lowest BCUT2D eigenvalue weighted by molar-refractivity contribution is -0.146. The topological polar surface area (TPSA) is 66.4 Å². The van der Waals surface area contributed by atoms with Crippen molar-refractivity contribution in [3.8, 4) is 0 Å². The lowest BCUT2D eigenvalue weighted by Gasteiger charge is -2.29. The summed E-state index contributed by atoms with van der Waals surface area (Å²) in [5.41, 5.74) is 2.66. The van der Waals surface area contributed by atoms with Gasteiger partial charge < -0.3 is 10.4 Å². The summed E-state index contributed by atoms with van der Waals surface area (Å²) in [6.45, 7) is 3.87. The second kappa shape index (κ2) is 6.31. The number of hydrogen-bond acceptors (Lipinski definition) is 2. The minimum Gasteiger partial charge on any atom is -0.481 e. The number of allylic oxidation sites excluding steroid dienone is 2. The van der Waals surface area contributed by atoms with Crippen molar-refractivity contribution in [2.24, 2.45) is 11.8 Å². The summed E-state index contributed by atoms with van der Waals surface area (Å²) in [6, 6.07) is 6.93. The molecule has 4 nitrogen and oxygen atoms in total. The van der Waals surface area contributed by atoms with E-state index in [4.69, 9.17) is 11.6 Å². The van der Waals surface area contributed by atoms with Crippen LogP contribution < -0.4 is 5.32 Å². The number of halogens is 1. The van der Waals surface area contributed by atoms with Crippen molar-refractivity contribution in [2.45, 2.75) is 26.7 Å². The molecule has 0 fully saturated rings. The average molecular weight is 308 g/mol. The van der Waals surface area contributed by atoms with Gasteiger partial charge in [0, 0.05) is 0 Å². The number of anilines is 1. The van der Waals surface area contributed by atoms with Crippen LogP contribution >= 0.6 is 11.6 Å². The number of amides is 1. The molecule has 21 heavy (non-hydrogen) atoms. The number of nitrogens with one attached hydrogen (secondary N) is 1. The Kier molecular flexibility index (Phi) is 4.68. The first-order valence-corrected chi connectivity index (χ1v) is 7.21. The van der Waals surface area contributed by atoms with Crippen LogP contribution in [0.5, 0.6) is 0 Å². The van der Waals surface area contributed by atoms with E-state index >= 15 is 0 Å². The fraction of sp³-hybridized carbons (Fsp3) is 0.375. The first-order valence-electron chi connectivity index (χ1n) is 6.83. The van der Waals surface area contributed by atoms with Crippen molar-refractivity contribution < 1.29 is 14.7 Å². The number of aliphatic carboxylic acids is 1. The Balaban J connectivity index is 2.21. The van der Waals surface area contributed by atoms with Crippen LogP contribution in [0, 0.1) is 11.8 Å². The normalized spacial score (nSPS) is 22.0. The molecule has 2 atom stereocenters. The number of carbonyl (C=O) groups is 2. The van der Waals surface area contributed by atoms with Gasteiger partial charge in [-0.3, -0.25) is 9.59 Å². The highest BCUT2D eigenvalue weighted by Gasteiger charge is 2.37. The number of rotatable bonds is 3. The molecule has 1 aromatic rings. The molecular formula is C16H18ClNO3. The van der Waals surface area contributed by atoms with Crippen LogP contribution in [0.2, 0.25) is 5.02 Å². The Hall–Kier alpha value is -1.81. The summed E-state index contributed by atoms with van der Waals surface area (Å²) in [6.07, 6.45) is 0.890. The summed E-state index contributed by atoms with van der Waals surface area (Å²) in [5.74, 6) is -2.47. The molecule has 0 aliphatic heterocycles. The van der Waals surface area contributed by atoms with Crippen molar-refractivity contribution in [1.82, 2.24) is 0 Å². The zero-order valence-electron chi connectivity index (χ0n) is 12.0. The van der Waals surface area contributed by atoms with E-state index in [1.54, 1.807) is 24.3 Å². The lowest BCUT2D eigenvalue weighted by Crippen LogP contribution is -2.36. The van der Waals surface area contributed by atoms with Gasteiger partial charge in [0.25, 0.3) is 0 Å². The van der Waals surface area contributed by atoms with Crippen LogP contribution in [0.3, 0.4) is 0 Å². The van der Waals surface area contributed by atoms with Crippen LogP contribution in [-0.2, 0) is 9.59 Å². The second-order valence-electron chi connectivity index (χ2n) is 5.49. The molecular weight excluding hydrogens is 290 g/mol. The highest BCUT2D eigenvalue weighted by atomic mass is 35.5. The average Bonchev–Trinajstić information content (AvgIpc) is 2.43. The molecule has 1 aliphatic carbocycles. The van der Waals surface area contributed by atoms with Crippen molar-refractivity contribution in [2.75, 3.05) is 5.32 Å². The summed E-state index contributed by atoms with van der Waals surface area (Å²) < 4.78 is 0. The predicted octanol–water partition coefficient (Wildman–Crippen LogP) is 3.73. The van der Waals surface area contributed by atoms with Gasteiger partial charge in [-0.1, -0.05) is 34.9 Å². The minimum atomic E-state index is -0.929. The molecule has 0 spiro atoms. The van der Waals surface area contributed by atoms with Gasteiger partial charge in [-0.25, -0.2) is 0 Å². The fourth-order valence-corrected chi connectivity index (χ4v) is 2.80. The summed E-state index contributed by atoms with van der Waals surface area (Å²) in [5, 5.41) is 12.5. The number of carbonyl (C=O) groups excluding carboxylic acids is 1. The monoisotopic (exact) mass is 307 g/mol. The summed E-state index contributed by atoms with van der Waals surface area (Å²) >= 11 is 6.02. The number of benzene rings is 1. The molecule has 2 N–H and O–H groups in total. The van der Waals surface area contributed by atoms with Gasteiger partial charge in [0.15, 0.2) is 0 Å². The van der Waals surface area contributed by atoms with Crippen molar-refractivity contribution >= 4 is 29.2 Å². The second-order valence-corrected chi connectivity index (χ2v) is 5.90. The van der Waals surface area contributed by atoms with E-state index in [9.17, 15) is 14.7 Å². The molecule has 0 unspecified atom stereocenters. The Morgan fingerprint density at radius 2 is 1.71 bits per heavy atom. The van der Waals surface area contributed by atoms with Gasteiger partial charge >= 0.3 is 5.97 Å². The fourth-order valence-electron chi connectivity index (χ4n) is 2.62. The van der Waals surface area contributed by atoms with E-state index < -0.39 is 17.8 Å². The standard InChI is InChI=1S/C16H18ClNO3/c1-9-7-11(12(16(20)21)8-10(9)2)15(19)18-14-6-4-3-5-13(14)17/h3-6,11-12H,7-8H2,1-2H3,(H,18,19)(H,20,21)/t11-,12+/m1/s1. The molecule has 0 bridgehead atoms. The molecule has 1 amide bonds. The molecule has 5 heteroatoms. The molecule has 1 aromatic carbocycles. The van der Waals surface area contributed by atoms with E-state index in [2.05, 4.69) is 5.32 Å². The smallest absolute Gasteiger partial charge is 0.307 e. The van der Waals surface area contributed by atoms with Gasteiger partial charge in [0.05, 0.1) is 22.5 Å². The summed E-state index contributed by atoms with van der Waals surface area (Å²) in [4.78, 5) is 23.8. The van der Waals surface area contributed by atoms with Gasteiger partial charge in [-0.2, -0.15) is 0 Å². The van der Waals surface area contributed by atoms with Crippen LogP contribution in [0.1, 0.15) is 26.7 Å². The molecule has 0 heterocycles. The van der Waals surface area contributed by atoms with Gasteiger partial charge in [-0.15, -0.1) is 0 Å². The van der Waals surface area contributed by atoms with Crippen LogP contribution in [-0.4, -0.2) is 17.0 Å². The van der Waals surface area contributed by atoms with Gasteiger partial charge in [0.1, 0.15) is 0 Å². The van der Waals surface area contributed by atoms with E-state index in [0.717, 1.165) is 11.1 Å². The molecule has 0 saturated heterocycles. The van der Waals surface area contributed by atoms with Crippen LogP contribution in [0.25, 0.3) is 0 Å². The summed E-state index contributed by atoms with van der Waals surface area (Å²) in [7, 11) is 0. The van der Waals surface area contributed by atoms with Gasteiger partial charge in [-0.05, 0) is 38.8 Å².